The van der Waals surface area contributed by atoms with E-state index in [1.165, 1.54) is 0 Å². The number of halogens is 1. The van der Waals surface area contributed by atoms with Crippen LogP contribution < -0.4 is 10.1 Å². The van der Waals surface area contributed by atoms with Gasteiger partial charge in [-0.1, -0.05) is 23.7 Å². The van der Waals surface area contributed by atoms with Crippen molar-refractivity contribution in [3.8, 4) is 5.88 Å². The van der Waals surface area contributed by atoms with Crippen LogP contribution in [0, 0.1) is 0 Å². The topological polar surface area (TPSA) is 51.2 Å². The summed E-state index contributed by atoms with van der Waals surface area (Å²) in [5, 5.41) is 3.61. The number of rotatable bonds is 8. The minimum absolute atomic E-state index is 0.00630. The first-order valence-corrected chi connectivity index (χ1v) is 8.87. The van der Waals surface area contributed by atoms with Crippen LogP contribution in [0.25, 0.3) is 0 Å². The third-order valence-electron chi connectivity index (χ3n) is 2.97. The highest BCUT2D eigenvalue weighted by molar-refractivity contribution is 7.99. The highest BCUT2D eigenvalue weighted by Gasteiger charge is 2.04. The molecule has 0 aliphatic heterocycles. The largest absolute Gasteiger partial charge is 0.478 e. The smallest absolute Gasteiger partial charge is 0.230 e. The Morgan fingerprint density at radius 1 is 1.30 bits per heavy atom. The van der Waals surface area contributed by atoms with Gasteiger partial charge < -0.3 is 10.1 Å². The molecule has 0 spiro atoms. The van der Waals surface area contributed by atoms with Crippen LogP contribution in [0.15, 0.2) is 42.6 Å². The van der Waals surface area contributed by atoms with E-state index in [0.717, 1.165) is 21.9 Å². The van der Waals surface area contributed by atoms with Crippen molar-refractivity contribution in [3.05, 3.63) is 58.7 Å². The van der Waals surface area contributed by atoms with Gasteiger partial charge in [0.2, 0.25) is 11.8 Å². The van der Waals surface area contributed by atoms with Crippen molar-refractivity contribution in [1.82, 2.24) is 10.3 Å². The van der Waals surface area contributed by atoms with Crippen molar-refractivity contribution in [3.63, 3.8) is 0 Å². The zero-order valence-electron chi connectivity index (χ0n) is 12.9. The monoisotopic (exact) mass is 350 g/mol. The lowest BCUT2D eigenvalue weighted by Crippen LogP contribution is -2.24. The number of hydrogen-bond donors (Lipinski definition) is 1. The second kappa shape index (κ2) is 9.43. The summed E-state index contributed by atoms with van der Waals surface area (Å²) < 4.78 is 5.34. The van der Waals surface area contributed by atoms with Crippen molar-refractivity contribution in [2.45, 2.75) is 19.2 Å². The number of benzene rings is 1. The first-order chi connectivity index (χ1) is 11.2. The fourth-order valence-electron chi connectivity index (χ4n) is 1.93. The van der Waals surface area contributed by atoms with Gasteiger partial charge in [-0.3, -0.25) is 4.79 Å². The molecule has 0 fully saturated rings. The van der Waals surface area contributed by atoms with Crippen molar-refractivity contribution in [2.75, 3.05) is 12.4 Å². The maximum absolute atomic E-state index is 11.9. The SMILES string of the molecule is CCOc1cc(CNC(=O)CSCc2cccc(Cl)c2)ccn1. The van der Waals surface area contributed by atoms with E-state index in [2.05, 4.69) is 10.3 Å². The fraction of sp³-hybridized carbons (Fsp3) is 0.294. The normalized spacial score (nSPS) is 10.3. The summed E-state index contributed by atoms with van der Waals surface area (Å²) in [5.41, 5.74) is 2.09. The predicted octanol–water partition coefficient (Wildman–Crippen LogP) is 3.68. The molecule has 1 N–H and O–H groups in total. The van der Waals surface area contributed by atoms with Gasteiger partial charge in [0.05, 0.1) is 12.4 Å². The van der Waals surface area contributed by atoms with E-state index < -0.39 is 0 Å². The van der Waals surface area contributed by atoms with Gasteiger partial charge in [0.15, 0.2) is 0 Å². The molecule has 0 aliphatic carbocycles. The molecule has 0 unspecified atom stereocenters. The Labute approximate surface area is 145 Å². The lowest BCUT2D eigenvalue weighted by atomic mass is 10.2. The van der Waals surface area contributed by atoms with E-state index in [-0.39, 0.29) is 5.91 Å². The molecule has 2 aromatic rings. The third-order valence-corrected chi connectivity index (χ3v) is 4.21. The summed E-state index contributed by atoms with van der Waals surface area (Å²) in [6.45, 7) is 2.95. The molecule has 0 bridgehead atoms. The molecule has 122 valence electrons. The van der Waals surface area contributed by atoms with E-state index in [0.29, 0.717) is 24.8 Å². The van der Waals surface area contributed by atoms with Crippen molar-refractivity contribution in [2.24, 2.45) is 0 Å². The number of carbonyl (C=O) groups is 1. The van der Waals surface area contributed by atoms with E-state index in [9.17, 15) is 4.79 Å². The molecular weight excluding hydrogens is 332 g/mol. The lowest BCUT2D eigenvalue weighted by molar-refractivity contribution is -0.118. The molecule has 4 nitrogen and oxygen atoms in total. The first-order valence-electron chi connectivity index (χ1n) is 7.34. The van der Waals surface area contributed by atoms with Gasteiger partial charge >= 0.3 is 0 Å². The molecule has 23 heavy (non-hydrogen) atoms. The molecule has 0 atom stereocenters. The summed E-state index contributed by atoms with van der Waals surface area (Å²) >= 11 is 7.50. The van der Waals surface area contributed by atoms with Gasteiger partial charge in [-0.15, -0.1) is 11.8 Å². The zero-order chi connectivity index (χ0) is 16.5. The molecule has 1 aromatic heterocycles. The van der Waals surface area contributed by atoms with E-state index in [4.69, 9.17) is 16.3 Å². The van der Waals surface area contributed by atoms with Crippen LogP contribution >= 0.6 is 23.4 Å². The molecule has 0 saturated carbocycles. The lowest BCUT2D eigenvalue weighted by Gasteiger charge is -2.07. The Balaban J connectivity index is 1.71. The van der Waals surface area contributed by atoms with Crippen LogP contribution in [0.5, 0.6) is 5.88 Å². The van der Waals surface area contributed by atoms with Gasteiger partial charge in [0, 0.05) is 29.6 Å². The predicted molar refractivity (Wildman–Crippen MR) is 94.9 cm³/mol. The molecule has 2 rings (SSSR count). The van der Waals surface area contributed by atoms with Crippen LogP contribution in [0.1, 0.15) is 18.1 Å². The zero-order valence-corrected chi connectivity index (χ0v) is 14.5. The Bertz CT molecular complexity index is 652. The second-order valence-electron chi connectivity index (χ2n) is 4.83. The molecule has 0 radical (unpaired) electrons. The standard InChI is InChI=1S/C17H19ClN2O2S/c1-2-22-17-9-13(6-7-19-17)10-20-16(21)12-23-11-14-4-3-5-15(18)8-14/h3-9H,2,10-12H2,1H3,(H,20,21). The summed E-state index contributed by atoms with van der Waals surface area (Å²) in [6, 6.07) is 11.4. The first kappa shape index (κ1) is 17.6. The number of nitrogens with one attached hydrogen (secondary N) is 1. The van der Waals surface area contributed by atoms with Gasteiger partial charge in [-0.05, 0) is 36.2 Å². The Hall–Kier alpha value is -1.72. The average molecular weight is 351 g/mol. The van der Waals surface area contributed by atoms with Crippen molar-refractivity contribution in [1.29, 1.82) is 0 Å². The van der Waals surface area contributed by atoms with Crippen LogP contribution in [0.4, 0.5) is 0 Å². The number of nitrogens with zero attached hydrogens (tertiary/aromatic N) is 1. The Morgan fingerprint density at radius 3 is 2.96 bits per heavy atom. The number of amides is 1. The summed E-state index contributed by atoms with van der Waals surface area (Å²) in [4.78, 5) is 16.0. The second-order valence-corrected chi connectivity index (χ2v) is 6.26. The summed E-state index contributed by atoms with van der Waals surface area (Å²) in [7, 11) is 0. The number of thioether (sulfide) groups is 1. The Kier molecular flexibility index (Phi) is 7.23. The van der Waals surface area contributed by atoms with E-state index >= 15 is 0 Å². The number of carbonyl (C=O) groups excluding carboxylic acids is 1. The quantitative estimate of drug-likeness (QED) is 0.789. The molecule has 6 heteroatoms. The van der Waals surface area contributed by atoms with Gasteiger partial charge in [0.25, 0.3) is 0 Å². The Morgan fingerprint density at radius 2 is 2.17 bits per heavy atom. The number of pyridine rings is 1. The maximum atomic E-state index is 11.9. The minimum Gasteiger partial charge on any atom is -0.478 e. The van der Waals surface area contributed by atoms with Crippen LogP contribution in [0.3, 0.4) is 0 Å². The van der Waals surface area contributed by atoms with Crippen LogP contribution in [0.2, 0.25) is 5.02 Å². The van der Waals surface area contributed by atoms with Crippen LogP contribution in [-0.4, -0.2) is 23.3 Å². The van der Waals surface area contributed by atoms with Gasteiger partial charge in [-0.2, -0.15) is 0 Å². The summed E-state index contributed by atoms with van der Waals surface area (Å²) in [5.74, 6) is 1.76. The van der Waals surface area contributed by atoms with E-state index in [1.54, 1.807) is 18.0 Å². The van der Waals surface area contributed by atoms with Gasteiger partial charge in [0.1, 0.15) is 0 Å². The molecule has 1 heterocycles. The molecular formula is C17H19ClN2O2S. The molecule has 0 aliphatic rings. The number of aromatic nitrogens is 1. The number of ether oxygens (including phenoxy) is 1. The minimum atomic E-state index is 0.00630. The maximum Gasteiger partial charge on any atom is 0.230 e. The highest BCUT2D eigenvalue weighted by Crippen LogP contribution is 2.16. The molecule has 0 saturated heterocycles. The summed E-state index contributed by atoms with van der Waals surface area (Å²) in [6.07, 6.45) is 1.68. The van der Waals surface area contributed by atoms with Gasteiger partial charge in [-0.25, -0.2) is 4.98 Å². The van der Waals surface area contributed by atoms with Crippen LogP contribution in [-0.2, 0) is 17.1 Å². The van der Waals surface area contributed by atoms with Crippen molar-refractivity contribution >= 4 is 29.3 Å². The highest BCUT2D eigenvalue weighted by atomic mass is 35.5. The molecule has 1 amide bonds. The van der Waals surface area contributed by atoms with Crippen molar-refractivity contribution < 1.29 is 9.53 Å². The fourth-order valence-corrected chi connectivity index (χ4v) is 2.94. The third kappa shape index (κ3) is 6.50. The molecule has 1 aromatic carbocycles. The average Bonchev–Trinajstić information content (AvgIpc) is 2.54. The number of hydrogen-bond acceptors (Lipinski definition) is 4. The van der Waals surface area contributed by atoms with E-state index in [1.807, 2.05) is 43.3 Å².